The van der Waals surface area contributed by atoms with E-state index < -0.39 is 17.8 Å². The molecule has 4 amide bonds. The third kappa shape index (κ3) is 3.91. The van der Waals surface area contributed by atoms with Crippen molar-refractivity contribution in [2.75, 3.05) is 4.90 Å². The molecule has 1 N–H and O–H groups in total. The monoisotopic (exact) mass is 491 g/mol. The van der Waals surface area contributed by atoms with Gasteiger partial charge in [0.25, 0.3) is 11.8 Å². The minimum Gasteiger partial charge on any atom is -0.318 e. The van der Waals surface area contributed by atoms with Crippen LogP contribution in [0.1, 0.15) is 29.4 Å². The van der Waals surface area contributed by atoms with Crippen LogP contribution in [-0.4, -0.2) is 22.4 Å². The number of hydrogen-bond acceptors (Lipinski definition) is 3. The Bertz CT molecular complexity index is 1250. The van der Waals surface area contributed by atoms with Gasteiger partial charge in [-0.15, -0.1) is 0 Å². The Morgan fingerprint density at radius 2 is 1.56 bits per heavy atom. The molecule has 0 atom stereocenters. The van der Waals surface area contributed by atoms with Crippen LogP contribution in [0.25, 0.3) is 11.8 Å². The van der Waals surface area contributed by atoms with Gasteiger partial charge in [0, 0.05) is 21.5 Å². The van der Waals surface area contributed by atoms with Gasteiger partial charge in [0.15, 0.2) is 0 Å². The van der Waals surface area contributed by atoms with Gasteiger partial charge >= 0.3 is 6.03 Å². The van der Waals surface area contributed by atoms with Gasteiger partial charge in [-0.1, -0.05) is 35.0 Å². The third-order valence-electron chi connectivity index (χ3n) is 5.56. The maximum atomic E-state index is 13.2. The van der Waals surface area contributed by atoms with Crippen molar-refractivity contribution in [1.29, 1.82) is 0 Å². The van der Waals surface area contributed by atoms with Crippen LogP contribution in [0, 0.1) is 13.8 Å². The highest BCUT2D eigenvalue weighted by Gasteiger charge is 2.37. The fraction of sp³-hybridized carbons (Fsp3) is 0.160. The summed E-state index contributed by atoms with van der Waals surface area (Å²) in [5.74, 6) is -1.34. The molecule has 2 aromatic carbocycles. The molecule has 6 nitrogen and oxygen atoms in total. The molecule has 1 aliphatic rings. The first-order valence-corrected chi connectivity index (χ1v) is 11.0. The van der Waals surface area contributed by atoms with E-state index in [2.05, 4.69) is 25.8 Å². The molecule has 3 aromatic rings. The number of rotatable bonds is 4. The molecule has 0 aliphatic carbocycles. The molecule has 4 rings (SSSR count). The highest BCUT2D eigenvalue weighted by atomic mass is 79.9. The Kier molecular flexibility index (Phi) is 5.84. The summed E-state index contributed by atoms with van der Waals surface area (Å²) in [7, 11) is 0. The molecule has 0 saturated carbocycles. The summed E-state index contributed by atoms with van der Waals surface area (Å²) >= 11 is 3.44. The normalized spacial score (nSPS) is 15.4. The van der Waals surface area contributed by atoms with E-state index in [1.807, 2.05) is 63.2 Å². The first kappa shape index (κ1) is 21.8. The van der Waals surface area contributed by atoms with E-state index in [9.17, 15) is 14.4 Å². The SMILES string of the molecule is CCc1ccc(N2C(=O)NC(=O)/C(=C\c3cc(C)n(-c4ccc(Br)cc4)c3C)C2=O)cc1. The molecule has 32 heavy (non-hydrogen) atoms. The average Bonchev–Trinajstić information content (AvgIpc) is 3.05. The van der Waals surface area contributed by atoms with Crippen LogP contribution >= 0.6 is 15.9 Å². The lowest BCUT2D eigenvalue weighted by molar-refractivity contribution is -0.122. The number of amides is 4. The van der Waals surface area contributed by atoms with Crippen molar-refractivity contribution in [2.45, 2.75) is 27.2 Å². The van der Waals surface area contributed by atoms with Gasteiger partial charge in [-0.25, -0.2) is 9.69 Å². The van der Waals surface area contributed by atoms with Crippen molar-refractivity contribution in [3.05, 3.63) is 87.2 Å². The lowest BCUT2D eigenvalue weighted by Gasteiger charge is -2.26. The molecular weight excluding hydrogens is 470 g/mol. The predicted octanol–water partition coefficient (Wildman–Crippen LogP) is 5.09. The minimum atomic E-state index is -0.748. The summed E-state index contributed by atoms with van der Waals surface area (Å²) in [6.07, 6.45) is 2.40. The zero-order valence-corrected chi connectivity index (χ0v) is 19.6. The smallest absolute Gasteiger partial charge is 0.318 e. The number of anilines is 1. The lowest BCUT2D eigenvalue weighted by atomic mass is 10.1. The first-order valence-electron chi connectivity index (χ1n) is 10.3. The lowest BCUT2D eigenvalue weighted by Crippen LogP contribution is -2.54. The third-order valence-corrected chi connectivity index (χ3v) is 6.09. The minimum absolute atomic E-state index is 0.0831. The average molecular weight is 492 g/mol. The molecule has 0 bridgehead atoms. The van der Waals surface area contributed by atoms with E-state index in [4.69, 9.17) is 0 Å². The summed E-state index contributed by atoms with van der Waals surface area (Å²) in [4.78, 5) is 39.2. The van der Waals surface area contributed by atoms with Crippen LogP contribution in [0.2, 0.25) is 0 Å². The Hall–Kier alpha value is -3.45. The Morgan fingerprint density at radius 3 is 2.19 bits per heavy atom. The second kappa shape index (κ2) is 8.59. The second-order valence-corrected chi connectivity index (χ2v) is 8.53. The van der Waals surface area contributed by atoms with Crippen molar-refractivity contribution in [3.63, 3.8) is 0 Å². The number of aryl methyl sites for hydroxylation is 2. The number of urea groups is 1. The largest absolute Gasteiger partial charge is 0.335 e. The molecule has 0 unspecified atom stereocenters. The van der Waals surface area contributed by atoms with Crippen LogP contribution < -0.4 is 10.2 Å². The summed E-state index contributed by atoms with van der Waals surface area (Å²) in [6, 6.07) is 16.2. The van der Waals surface area contributed by atoms with Gasteiger partial charge in [-0.2, -0.15) is 0 Å². The number of carbonyl (C=O) groups is 3. The number of carbonyl (C=O) groups excluding carboxylic acids is 3. The Labute approximate surface area is 194 Å². The number of imide groups is 2. The summed E-state index contributed by atoms with van der Waals surface area (Å²) in [5.41, 5.74) is 4.98. The molecule has 162 valence electrons. The summed E-state index contributed by atoms with van der Waals surface area (Å²) in [5, 5.41) is 2.28. The molecule has 1 fully saturated rings. The van der Waals surface area contributed by atoms with E-state index in [0.717, 1.165) is 44.0 Å². The van der Waals surface area contributed by atoms with Gasteiger partial charge in [-0.05, 0) is 79.9 Å². The van der Waals surface area contributed by atoms with Crippen LogP contribution in [0.4, 0.5) is 10.5 Å². The van der Waals surface area contributed by atoms with Crippen LogP contribution in [0.15, 0.2) is 64.6 Å². The fourth-order valence-corrected chi connectivity index (χ4v) is 4.11. The van der Waals surface area contributed by atoms with Gasteiger partial charge < -0.3 is 4.57 Å². The second-order valence-electron chi connectivity index (χ2n) is 7.62. The summed E-state index contributed by atoms with van der Waals surface area (Å²) in [6.45, 7) is 5.92. The maximum Gasteiger partial charge on any atom is 0.335 e. The first-order chi connectivity index (χ1) is 15.3. The van der Waals surface area contributed by atoms with Crippen molar-refractivity contribution >= 4 is 45.5 Å². The number of benzene rings is 2. The highest BCUT2D eigenvalue weighted by molar-refractivity contribution is 9.10. The van der Waals surface area contributed by atoms with E-state index >= 15 is 0 Å². The van der Waals surface area contributed by atoms with Gasteiger partial charge in [-0.3, -0.25) is 14.9 Å². The number of barbiturate groups is 1. The highest BCUT2D eigenvalue weighted by Crippen LogP contribution is 2.27. The molecule has 1 aliphatic heterocycles. The predicted molar refractivity (Wildman–Crippen MR) is 128 cm³/mol. The molecule has 0 radical (unpaired) electrons. The zero-order valence-electron chi connectivity index (χ0n) is 18.0. The van der Waals surface area contributed by atoms with Gasteiger partial charge in [0.1, 0.15) is 5.57 Å². The van der Waals surface area contributed by atoms with Crippen molar-refractivity contribution in [2.24, 2.45) is 0 Å². The molecule has 1 aromatic heterocycles. The van der Waals surface area contributed by atoms with Crippen LogP contribution in [-0.2, 0) is 16.0 Å². The zero-order chi connectivity index (χ0) is 23.0. The molecule has 2 heterocycles. The quantitative estimate of drug-likeness (QED) is 0.408. The Balaban J connectivity index is 1.73. The van der Waals surface area contributed by atoms with E-state index in [0.29, 0.717) is 5.69 Å². The maximum absolute atomic E-state index is 13.2. The van der Waals surface area contributed by atoms with Crippen molar-refractivity contribution < 1.29 is 14.4 Å². The van der Waals surface area contributed by atoms with Crippen LogP contribution in [0.5, 0.6) is 0 Å². The van der Waals surface area contributed by atoms with E-state index in [-0.39, 0.29) is 5.57 Å². The van der Waals surface area contributed by atoms with Crippen molar-refractivity contribution in [1.82, 2.24) is 9.88 Å². The van der Waals surface area contributed by atoms with E-state index in [1.54, 1.807) is 18.2 Å². The number of nitrogens with zero attached hydrogens (tertiary/aromatic N) is 2. The van der Waals surface area contributed by atoms with Gasteiger partial charge in [0.2, 0.25) is 0 Å². The molecule has 7 heteroatoms. The standard InChI is InChI=1S/C25H22BrN3O3/c1-4-17-5-9-21(10-6-17)29-24(31)22(23(30)27-25(29)32)14-18-13-15(2)28(16(18)3)20-11-7-19(26)8-12-20/h5-14H,4H2,1-3H3,(H,27,30,32)/b22-14+. The molecule has 1 saturated heterocycles. The Morgan fingerprint density at radius 1 is 0.938 bits per heavy atom. The molecular formula is C25H22BrN3O3. The number of hydrogen-bond donors (Lipinski definition) is 1. The summed E-state index contributed by atoms with van der Waals surface area (Å²) < 4.78 is 3.03. The van der Waals surface area contributed by atoms with Crippen LogP contribution in [0.3, 0.4) is 0 Å². The molecule has 0 spiro atoms. The van der Waals surface area contributed by atoms with E-state index in [1.165, 1.54) is 0 Å². The van der Waals surface area contributed by atoms with Gasteiger partial charge in [0.05, 0.1) is 5.69 Å². The number of nitrogens with one attached hydrogen (secondary N) is 1. The number of halogens is 1. The van der Waals surface area contributed by atoms with Crippen molar-refractivity contribution in [3.8, 4) is 5.69 Å². The number of aromatic nitrogens is 1. The topological polar surface area (TPSA) is 71.4 Å². The fourth-order valence-electron chi connectivity index (χ4n) is 3.85.